The van der Waals surface area contributed by atoms with Gasteiger partial charge in [-0.1, -0.05) is 25.1 Å². The average Bonchev–Trinajstić information content (AvgIpc) is 3.33. The minimum atomic E-state index is -0.781. The van der Waals surface area contributed by atoms with Crippen LogP contribution in [0.4, 0.5) is 4.79 Å². The highest BCUT2D eigenvalue weighted by molar-refractivity contribution is 5.91. The molecule has 3 unspecified atom stereocenters. The number of benzene rings is 1. The van der Waals surface area contributed by atoms with Crippen LogP contribution in [0, 0.1) is 19.8 Å². The van der Waals surface area contributed by atoms with Crippen LogP contribution in [0.2, 0.25) is 0 Å². The molecule has 32 heavy (non-hydrogen) atoms. The number of nitrogens with zero attached hydrogens (tertiary/aromatic N) is 1. The molecule has 1 aliphatic rings. The molecule has 3 atom stereocenters. The van der Waals surface area contributed by atoms with E-state index in [0.717, 1.165) is 23.1 Å². The molecule has 7 nitrogen and oxygen atoms in total. The minimum Gasteiger partial charge on any atom is -0.444 e. The second-order valence-electron chi connectivity index (χ2n) is 10.9. The average molecular weight is 446 g/mol. The Morgan fingerprint density at radius 1 is 1.12 bits per heavy atom. The van der Waals surface area contributed by atoms with Gasteiger partial charge in [-0.3, -0.25) is 9.59 Å². The van der Waals surface area contributed by atoms with Crippen molar-refractivity contribution in [3.05, 3.63) is 34.9 Å². The van der Waals surface area contributed by atoms with Crippen molar-refractivity contribution >= 4 is 17.9 Å². The minimum absolute atomic E-state index is 0.0569. The fourth-order valence-corrected chi connectivity index (χ4v) is 3.69. The normalized spacial score (nSPS) is 19.0. The maximum Gasteiger partial charge on any atom is 0.408 e. The van der Waals surface area contributed by atoms with Crippen molar-refractivity contribution < 1.29 is 19.1 Å². The molecular formula is C25H39N3O4. The Bertz CT molecular complexity index is 867. The number of alkyl carbamates (subject to hydrolysis) is 1. The monoisotopic (exact) mass is 445 g/mol. The summed E-state index contributed by atoms with van der Waals surface area (Å²) in [5.41, 5.74) is 1.72. The molecule has 1 aromatic rings. The van der Waals surface area contributed by atoms with Crippen molar-refractivity contribution in [2.75, 3.05) is 6.54 Å². The smallest absolute Gasteiger partial charge is 0.408 e. The van der Waals surface area contributed by atoms with Gasteiger partial charge in [0.05, 0.1) is 0 Å². The number of hydrogen-bond acceptors (Lipinski definition) is 4. The summed E-state index contributed by atoms with van der Waals surface area (Å²) >= 11 is 0. The molecule has 1 aromatic carbocycles. The lowest BCUT2D eigenvalue weighted by Crippen LogP contribution is -2.52. The van der Waals surface area contributed by atoms with E-state index in [1.54, 1.807) is 25.7 Å². The van der Waals surface area contributed by atoms with Gasteiger partial charge < -0.3 is 20.3 Å². The first-order valence-electron chi connectivity index (χ1n) is 11.3. The summed E-state index contributed by atoms with van der Waals surface area (Å²) in [4.78, 5) is 40.7. The third-order valence-corrected chi connectivity index (χ3v) is 5.46. The summed E-state index contributed by atoms with van der Waals surface area (Å²) in [5, 5.41) is 5.60. The number of amides is 3. The first-order chi connectivity index (χ1) is 14.6. The fourth-order valence-electron chi connectivity index (χ4n) is 3.69. The number of hydrogen-bond donors (Lipinski definition) is 2. The molecule has 1 fully saturated rings. The maximum absolute atomic E-state index is 13.5. The van der Waals surface area contributed by atoms with E-state index in [1.807, 2.05) is 52.8 Å². The van der Waals surface area contributed by atoms with Crippen LogP contribution in [0.5, 0.6) is 0 Å². The predicted molar refractivity (Wildman–Crippen MR) is 125 cm³/mol. The van der Waals surface area contributed by atoms with Gasteiger partial charge in [0.25, 0.3) is 0 Å². The van der Waals surface area contributed by atoms with E-state index >= 15 is 0 Å². The van der Waals surface area contributed by atoms with Crippen molar-refractivity contribution in [1.29, 1.82) is 0 Å². The molecule has 0 saturated heterocycles. The third-order valence-electron chi connectivity index (χ3n) is 5.46. The van der Waals surface area contributed by atoms with Gasteiger partial charge in [-0.05, 0) is 84.4 Å². The molecule has 0 spiro atoms. The highest BCUT2D eigenvalue weighted by Gasteiger charge is 2.47. The molecule has 0 heterocycles. The Balaban J connectivity index is 2.39. The molecule has 0 aromatic heterocycles. The topological polar surface area (TPSA) is 87.7 Å². The van der Waals surface area contributed by atoms with E-state index in [2.05, 4.69) is 17.6 Å². The Hall–Kier alpha value is -2.57. The van der Waals surface area contributed by atoms with E-state index in [9.17, 15) is 14.4 Å². The van der Waals surface area contributed by atoms with Gasteiger partial charge >= 0.3 is 6.09 Å². The quantitative estimate of drug-likeness (QED) is 0.692. The SMILES string of the molecule is Cc1cccc(C(C(=O)NC(C)(C)C)N(C(=O)CNC(=O)OC(C)(C)C)C2CC2C)c1C. The van der Waals surface area contributed by atoms with Gasteiger partial charge in [0.15, 0.2) is 0 Å². The Labute approximate surface area is 192 Å². The molecular weight excluding hydrogens is 406 g/mol. The van der Waals surface area contributed by atoms with Crippen molar-refractivity contribution in [3.8, 4) is 0 Å². The standard InChI is InChI=1S/C25H39N3O4/c1-15-11-10-12-18(17(15)3)21(22(30)27-24(4,5)6)28(19-13-16(19)2)20(29)14-26-23(31)32-25(7,8)9/h10-12,16,19,21H,13-14H2,1-9H3,(H,26,31)(H,27,30). The zero-order valence-corrected chi connectivity index (χ0v) is 21.0. The van der Waals surface area contributed by atoms with Gasteiger partial charge in [0.2, 0.25) is 11.8 Å². The first-order valence-corrected chi connectivity index (χ1v) is 11.3. The van der Waals surface area contributed by atoms with Gasteiger partial charge in [-0.15, -0.1) is 0 Å². The predicted octanol–water partition coefficient (Wildman–Crippen LogP) is 4.02. The van der Waals surface area contributed by atoms with Crippen LogP contribution in [0.1, 0.15) is 77.6 Å². The number of aryl methyl sites for hydroxylation is 1. The van der Waals surface area contributed by atoms with E-state index in [4.69, 9.17) is 4.74 Å². The van der Waals surface area contributed by atoms with Gasteiger partial charge in [-0.25, -0.2) is 4.79 Å². The molecule has 7 heteroatoms. The lowest BCUT2D eigenvalue weighted by Gasteiger charge is -2.35. The third kappa shape index (κ3) is 6.97. The molecule has 0 aliphatic heterocycles. The fraction of sp³-hybridized carbons (Fsp3) is 0.640. The Morgan fingerprint density at radius 3 is 2.22 bits per heavy atom. The second-order valence-corrected chi connectivity index (χ2v) is 10.9. The van der Waals surface area contributed by atoms with E-state index in [1.165, 1.54) is 0 Å². The van der Waals surface area contributed by atoms with Crippen molar-refractivity contribution in [2.24, 2.45) is 5.92 Å². The maximum atomic E-state index is 13.5. The van der Waals surface area contributed by atoms with Gasteiger partial charge in [0.1, 0.15) is 18.2 Å². The summed E-state index contributed by atoms with van der Waals surface area (Å²) in [5.74, 6) is -0.244. The zero-order chi connectivity index (χ0) is 24.4. The summed E-state index contributed by atoms with van der Waals surface area (Å²) < 4.78 is 5.26. The summed E-state index contributed by atoms with van der Waals surface area (Å²) in [7, 11) is 0. The lowest BCUT2D eigenvalue weighted by molar-refractivity contribution is -0.141. The number of carbonyl (C=O) groups is 3. The van der Waals surface area contributed by atoms with Crippen LogP contribution < -0.4 is 10.6 Å². The molecule has 2 N–H and O–H groups in total. The number of nitrogens with one attached hydrogen (secondary N) is 2. The van der Waals surface area contributed by atoms with Crippen LogP contribution in [0.15, 0.2) is 18.2 Å². The Morgan fingerprint density at radius 2 is 1.72 bits per heavy atom. The summed E-state index contributed by atoms with van der Waals surface area (Å²) in [6.07, 6.45) is 0.166. The molecule has 2 rings (SSSR count). The van der Waals surface area contributed by atoms with E-state index < -0.39 is 23.3 Å². The molecule has 178 valence electrons. The molecule has 1 aliphatic carbocycles. The van der Waals surface area contributed by atoms with E-state index in [-0.39, 0.29) is 30.3 Å². The van der Waals surface area contributed by atoms with Gasteiger partial charge in [0, 0.05) is 11.6 Å². The summed E-state index contributed by atoms with van der Waals surface area (Å²) in [6.45, 7) is 16.8. The van der Waals surface area contributed by atoms with Crippen molar-refractivity contribution in [2.45, 2.75) is 92.0 Å². The van der Waals surface area contributed by atoms with Gasteiger partial charge in [-0.2, -0.15) is 0 Å². The molecule has 0 radical (unpaired) electrons. The highest BCUT2D eigenvalue weighted by Crippen LogP contribution is 2.41. The van der Waals surface area contributed by atoms with Crippen LogP contribution in [-0.2, 0) is 14.3 Å². The van der Waals surface area contributed by atoms with Crippen LogP contribution >= 0.6 is 0 Å². The largest absolute Gasteiger partial charge is 0.444 e. The molecule has 3 amide bonds. The number of rotatable bonds is 6. The highest BCUT2D eigenvalue weighted by atomic mass is 16.6. The van der Waals surface area contributed by atoms with Crippen LogP contribution in [-0.4, -0.2) is 46.5 Å². The van der Waals surface area contributed by atoms with Crippen LogP contribution in [0.3, 0.4) is 0 Å². The van der Waals surface area contributed by atoms with Crippen molar-refractivity contribution in [1.82, 2.24) is 15.5 Å². The second kappa shape index (κ2) is 9.51. The number of carbonyl (C=O) groups excluding carboxylic acids is 3. The zero-order valence-electron chi connectivity index (χ0n) is 21.0. The number of ether oxygens (including phenoxy) is 1. The Kier molecular flexibility index (Phi) is 7.63. The molecule has 1 saturated carbocycles. The molecule has 0 bridgehead atoms. The van der Waals surface area contributed by atoms with Crippen LogP contribution in [0.25, 0.3) is 0 Å². The lowest BCUT2D eigenvalue weighted by atomic mass is 9.94. The van der Waals surface area contributed by atoms with Crippen molar-refractivity contribution in [3.63, 3.8) is 0 Å². The van der Waals surface area contributed by atoms with E-state index in [0.29, 0.717) is 0 Å². The first kappa shape index (κ1) is 25.7. The summed E-state index contributed by atoms with van der Waals surface area (Å²) in [6, 6.07) is 4.97.